The summed E-state index contributed by atoms with van der Waals surface area (Å²) in [6.07, 6.45) is -1.24. The van der Waals surface area contributed by atoms with E-state index in [2.05, 4.69) is 5.32 Å². The number of aliphatic hydroxyl groups excluding tert-OH is 1. The molecule has 0 fully saturated rings. The Balaban J connectivity index is 2.11. The first kappa shape index (κ1) is 18.6. The van der Waals surface area contributed by atoms with Gasteiger partial charge in [0.25, 0.3) is 9.84 Å². The molecule has 3 rings (SSSR count). The monoisotopic (exact) mass is 393 g/mol. The molecule has 26 heavy (non-hydrogen) atoms. The topological polar surface area (TPSA) is 66.4 Å². The van der Waals surface area contributed by atoms with E-state index < -0.39 is 38.0 Å². The van der Waals surface area contributed by atoms with E-state index in [0.717, 1.165) is 24.3 Å². The lowest BCUT2D eigenvalue weighted by Crippen LogP contribution is -2.25. The Labute approximate surface area is 145 Å². The average molecular weight is 393 g/mol. The first-order valence-corrected chi connectivity index (χ1v) is 8.87. The van der Waals surface area contributed by atoms with E-state index in [1.165, 1.54) is 0 Å². The van der Waals surface area contributed by atoms with Crippen LogP contribution in [0.4, 0.5) is 33.3 Å². The minimum Gasteiger partial charge on any atom is -0.388 e. The number of fused-ring (bicyclic) bond motifs is 1. The van der Waals surface area contributed by atoms with Crippen molar-refractivity contribution in [2.45, 2.75) is 29.3 Å². The van der Waals surface area contributed by atoms with Gasteiger partial charge in [-0.15, -0.1) is 0 Å². The Morgan fingerprint density at radius 3 is 2.27 bits per heavy atom. The number of alkyl halides is 3. The van der Waals surface area contributed by atoms with Crippen molar-refractivity contribution in [2.24, 2.45) is 0 Å². The van der Waals surface area contributed by atoms with Crippen molar-refractivity contribution >= 4 is 21.2 Å². The fourth-order valence-corrected chi connectivity index (χ4v) is 4.01. The van der Waals surface area contributed by atoms with Crippen molar-refractivity contribution in [1.82, 2.24) is 0 Å². The molecule has 2 N–H and O–H groups in total. The molecule has 1 aliphatic carbocycles. The SMILES string of the molecule is O=S(=O)(c1ccc(Nc2cc(F)cc(F)c2)c2c1C(O)CC2)C(F)(F)F. The van der Waals surface area contributed by atoms with Gasteiger partial charge in [-0.2, -0.15) is 13.2 Å². The first-order valence-electron chi connectivity index (χ1n) is 7.39. The number of benzene rings is 2. The highest BCUT2D eigenvalue weighted by Gasteiger charge is 2.49. The van der Waals surface area contributed by atoms with E-state index >= 15 is 0 Å². The second kappa shape index (κ2) is 6.20. The minimum atomic E-state index is -5.65. The fraction of sp³-hybridized carbons (Fsp3) is 0.250. The zero-order valence-corrected chi connectivity index (χ0v) is 13.8. The number of aliphatic hydroxyl groups is 1. The molecule has 1 unspecified atom stereocenters. The van der Waals surface area contributed by atoms with Crippen LogP contribution in [0.25, 0.3) is 0 Å². The van der Waals surface area contributed by atoms with Gasteiger partial charge in [0.1, 0.15) is 11.6 Å². The van der Waals surface area contributed by atoms with Crippen LogP contribution in [-0.4, -0.2) is 19.0 Å². The maximum Gasteiger partial charge on any atom is 0.501 e. The summed E-state index contributed by atoms with van der Waals surface area (Å²) in [6, 6.07) is 4.41. The summed E-state index contributed by atoms with van der Waals surface area (Å²) >= 11 is 0. The zero-order valence-electron chi connectivity index (χ0n) is 12.9. The van der Waals surface area contributed by atoms with Crippen molar-refractivity contribution in [3.8, 4) is 0 Å². The van der Waals surface area contributed by atoms with Crippen LogP contribution in [0.3, 0.4) is 0 Å². The van der Waals surface area contributed by atoms with Gasteiger partial charge in [-0.25, -0.2) is 17.2 Å². The lowest BCUT2D eigenvalue weighted by atomic mass is 10.1. The molecule has 1 aliphatic rings. The Morgan fingerprint density at radius 1 is 1.08 bits per heavy atom. The van der Waals surface area contributed by atoms with E-state index in [0.29, 0.717) is 6.07 Å². The smallest absolute Gasteiger partial charge is 0.388 e. The molecule has 2 aromatic rings. The fourth-order valence-electron chi connectivity index (χ4n) is 2.96. The average Bonchev–Trinajstić information content (AvgIpc) is 2.88. The number of halogens is 5. The van der Waals surface area contributed by atoms with E-state index in [1.54, 1.807) is 0 Å². The predicted octanol–water partition coefficient (Wildman–Crippen LogP) is 3.98. The number of sulfone groups is 1. The summed E-state index contributed by atoms with van der Waals surface area (Å²) in [4.78, 5) is -1.01. The van der Waals surface area contributed by atoms with Crippen molar-refractivity contribution in [1.29, 1.82) is 0 Å². The van der Waals surface area contributed by atoms with Crippen molar-refractivity contribution in [3.63, 3.8) is 0 Å². The maximum atomic E-state index is 13.3. The molecule has 0 aromatic heterocycles. The van der Waals surface area contributed by atoms with E-state index in [9.17, 15) is 35.5 Å². The van der Waals surface area contributed by atoms with Gasteiger partial charge in [0, 0.05) is 23.0 Å². The van der Waals surface area contributed by atoms with Gasteiger partial charge in [-0.3, -0.25) is 0 Å². The Bertz CT molecular complexity index is 952. The van der Waals surface area contributed by atoms with Crippen LogP contribution in [0, 0.1) is 11.6 Å². The highest BCUT2D eigenvalue weighted by molar-refractivity contribution is 7.92. The molecule has 1 atom stereocenters. The summed E-state index contributed by atoms with van der Waals surface area (Å²) in [6.45, 7) is 0. The zero-order chi connectivity index (χ0) is 19.3. The van der Waals surface area contributed by atoms with Crippen LogP contribution in [-0.2, 0) is 16.3 Å². The predicted molar refractivity (Wildman–Crippen MR) is 82.6 cm³/mol. The third kappa shape index (κ3) is 3.14. The molecule has 0 spiro atoms. The summed E-state index contributed by atoms with van der Waals surface area (Å²) in [5, 5.41) is 12.6. The van der Waals surface area contributed by atoms with Gasteiger partial charge in [0.15, 0.2) is 0 Å². The van der Waals surface area contributed by atoms with E-state index in [4.69, 9.17) is 0 Å². The lowest BCUT2D eigenvalue weighted by Gasteiger charge is -2.17. The Kier molecular flexibility index (Phi) is 4.43. The van der Waals surface area contributed by atoms with Crippen molar-refractivity contribution in [3.05, 3.63) is 53.1 Å². The molecule has 0 radical (unpaired) electrons. The molecule has 0 saturated heterocycles. The number of anilines is 2. The molecule has 10 heteroatoms. The van der Waals surface area contributed by atoms with Gasteiger partial charge in [0.05, 0.1) is 11.0 Å². The highest BCUT2D eigenvalue weighted by Crippen LogP contribution is 2.44. The van der Waals surface area contributed by atoms with Gasteiger partial charge < -0.3 is 10.4 Å². The van der Waals surface area contributed by atoms with Gasteiger partial charge in [-0.05, 0) is 42.7 Å². The molecule has 0 heterocycles. The maximum absolute atomic E-state index is 13.3. The van der Waals surface area contributed by atoms with Crippen molar-refractivity contribution < 1.29 is 35.5 Å². The molecule has 2 aromatic carbocycles. The third-order valence-corrected chi connectivity index (χ3v) is 5.60. The Morgan fingerprint density at radius 2 is 1.69 bits per heavy atom. The van der Waals surface area contributed by atoms with Gasteiger partial charge in [0.2, 0.25) is 0 Å². The lowest BCUT2D eigenvalue weighted by molar-refractivity contribution is -0.0437. The molecule has 0 amide bonds. The second-order valence-electron chi connectivity index (χ2n) is 5.79. The van der Waals surface area contributed by atoms with Crippen LogP contribution in [0.1, 0.15) is 23.7 Å². The standard InChI is InChI=1S/C16H12F5NO3S/c17-8-5-9(18)7-10(6-8)22-12-2-4-14(26(24,25)16(19,20)21)15-11(12)1-3-13(15)23/h2,4-7,13,22-23H,1,3H2. The summed E-state index contributed by atoms with van der Waals surface area (Å²) < 4.78 is 88.8. The highest BCUT2D eigenvalue weighted by atomic mass is 32.2. The molecule has 4 nitrogen and oxygen atoms in total. The van der Waals surface area contributed by atoms with Crippen LogP contribution >= 0.6 is 0 Å². The van der Waals surface area contributed by atoms with Crippen LogP contribution < -0.4 is 5.32 Å². The number of hydrogen-bond acceptors (Lipinski definition) is 4. The molecule has 0 aliphatic heterocycles. The molecular formula is C16H12F5NO3S. The van der Waals surface area contributed by atoms with Gasteiger partial charge >= 0.3 is 5.51 Å². The number of hydrogen-bond donors (Lipinski definition) is 2. The number of nitrogens with one attached hydrogen (secondary N) is 1. The van der Waals surface area contributed by atoms with Crippen LogP contribution in [0.5, 0.6) is 0 Å². The summed E-state index contributed by atoms with van der Waals surface area (Å²) in [5.74, 6) is -1.72. The van der Waals surface area contributed by atoms with Crippen molar-refractivity contribution in [2.75, 3.05) is 5.32 Å². The third-order valence-electron chi connectivity index (χ3n) is 4.05. The largest absolute Gasteiger partial charge is 0.501 e. The van der Waals surface area contributed by atoms with E-state index in [-0.39, 0.29) is 35.3 Å². The second-order valence-corrected chi connectivity index (χ2v) is 7.70. The molecule has 140 valence electrons. The number of rotatable bonds is 3. The Hall–Kier alpha value is -2.20. The van der Waals surface area contributed by atoms with Gasteiger partial charge in [-0.1, -0.05) is 0 Å². The quantitative estimate of drug-likeness (QED) is 0.775. The molecule has 0 saturated carbocycles. The first-order chi connectivity index (χ1) is 12.0. The van der Waals surface area contributed by atoms with Crippen LogP contribution in [0.15, 0.2) is 35.2 Å². The summed E-state index contributed by atoms with van der Waals surface area (Å²) in [5.41, 5.74) is -5.53. The summed E-state index contributed by atoms with van der Waals surface area (Å²) in [7, 11) is -5.65. The normalized spacial score (nSPS) is 17.2. The molecule has 0 bridgehead atoms. The van der Waals surface area contributed by atoms with E-state index in [1.807, 2.05) is 0 Å². The van der Waals surface area contributed by atoms with Crippen LogP contribution in [0.2, 0.25) is 0 Å². The minimum absolute atomic E-state index is 0.00230. The molecular weight excluding hydrogens is 381 g/mol.